The molecule has 0 saturated heterocycles. The summed E-state index contributed by atoms with van der Waals surface area (Å²) >= 11 is 0. The number of hydrogen-bond donors (Lipinski definition) is 1. The van der Waals surface area contributed by atoms with E-state index in [4.69, 9.17) is 9.47 Å². The van der Waals surface area contributed by atoms with Crippen molar-refractivity contribution >= 4 is 12.1 Å². The van der Waals surface area contributed by atoms with Crippen molar-refractivity contribution in [3.63, 3.8) is 0 Å². The summed E-state index contributed by atoms with van der Waals surface area (Å²) in [6.45, 7) is 9.52. The minimum atomic E-state index is -0.535. The molecule has 0 bridgehead atoms. The van der Waals surface area contributed by atoms with Gasteiger partial charge in [-0.2, -0.15) is 0 Å². The van der Waals surface area contributed by atoms with Gasteiger partial charge >= 0.3 is 12.1 Å². The topological polar surface area (TPSA) is 64.6 Å². The maximum atomic E-state index is 11.9. The van der Waals surface area contributed by atoms with Crippen LogP contribution in [0.15, 0.2) is 30.3 Å². The summed E-state index contributed by atoms with van der Waals surface area (Å²) in [6.07, 6.45) is -0.411. The molecule has 1 amide bonds. The first-order valence-corrected chi connectivity index (χ1v) is 7.86. The Balaban J connectivity index is 2.48. The maximum Gasteiger partial charge on any atom is 0.407 e. The molecule has 0 aromatic heterocycles. The largest absolute Gasteiger partial charge is 0.460 e. The summed E-state index contributed by atoms with van der Waals surface area (Å²) in [5.74, 6) is -0.244. The number of hydrogen-bond acceptors (Lipinski definition) is 4. The van der Waals surface area contributed by atoms with Crippen LogP contribution < -0.4 is 5.32 Å². The monoisotopic (exact) mass is 321 g/mol. The SMILES string of the molecule is CC(C)[C@H](CC(=O)OC(C)(C)C)NC(=O)OCc1ccccc1. The lowest BCUT2D eigenvalue weighted by Gasteiger charge is -2.24. The van der Waals surface area contributed by atoms with Gasteiger partial charge in [0, 0.05) is 6.04 Å². The number of alkyl carbamates (subject to hydrolysis) is 1. The highest BCUT2D eigenvalue weighted by molar-refractivity contribution is 5.73. The van der Waals surface area contributed by atoms with E-state index in [1.54, 1.807) is 0 Å². The fraction of sp³-hybridized carbons (Fsp3) is 0.556. The minimum absolute atomic E-state index is 0.0896. The Morgan fingerprint density at radius 2 is 1.74 bits per heavy atom. The zero-order valence-electron chi connectivity index (χ0n) is 14.6. The van der Waals surface area contributed by atoms with Gasteiger partial charge in [0.15, 0.2) is 0 Å². The lowest BCUT2D eigenvalue weighted by atomic mass is 10.0. The van der Waals surface area contributed by atoms with Crippen molar-refractivity contribution in [1.82, 2.24) is 5.32 Å². The fourth-order valence-corrected chi connectivity index (χ4v) is 1.93. The van der Waals surface area contributed by atoms with Crippen LogP contribution in [0.3, 0.4) is 0 Å². The molecule has 1 N–H and O–H groups in total. The average Bonchev–Trinajstić information content (AvgIpc) is 2.43. The maximum absolute atomic E-state index is 11.9. The molecular weight excluding hydrogens is 294 g/mol. The molecule has 0 unspecified atom stereocenters. The van der Waals surface area contributed by atoms with Crippen LogP contribution in [0, 0.1) is 5.92 Å². The minimum Gasteiger partial charge on any atom is -0.460 e. The Labute approximate surface area is 138 Å². The molecule has 23 heavy (non-hydrogen) atoms. The van der Waals surface area contributed by atoms with Gasteiger partial charge in [0.25, 0.3) is 0 Å². The number of ether oxygens (including phenoxy) is 2. The summed E-state index contributed by atoms with van der Waals surface area (Å²) in [4.78, 5) is 23.8. The zero-order chi connectivity index (χ0) is 17.5. The highest BCUT2D eigenvalue weighted by atomic mass is 16.6. The Morgan fingerprint density at radius 1 is 1.13 bits per heavy atom. The van der Waals surface area contributed by atoms with Gasteiger partial charge in [0.2, 0.25) is 0 Å². The molecule has 1 aromatic rings. The Bertz CT molecular complexity index is 506. The van der Waals surface area contributed by atoms with E-state index >= 15 is 0 Å². The molecule has 0 fully saturated rings. The first-order valence-electron chi connectivity index (χ1n) is 7.86. The molecule has 0 aliphatic heterocycles. The van der Waals surface area contributed by atoms with Gasteiger partial charge in [-0.15, -0.1) is 0 Å². The van der Waals surface area contributed by atoms with Gasteiger partial charge in [-0.1, -0.05) is 44.2 Å². The third-order valence-corrected chi connectivity index (χ3v) is 3.13. The normalized spacial score (nSPS) is 12.6. The number of benzene rings is 1. The lowest BCUT2D eigenvalue weighted by Crippen LogP contribution is -2.41. The first kappa shape index (κ1) is 19.0. The van der Waals surface area contributed by atoms with Crippen molar-refractivity contribution in [2.45, 2.75) is 59.3 Å². The van der Waals surface area contributed by atoms with Crippen LogP contribution in [-0.4, -0.2) is 23.7 Å². The van der Waals surface area contributed by atoms with Gasteiger partial charge in [0.05, 0.1) is 6.42 Å². The van der Waals surface area contributed by atoms with Crippen LogP contribution in [0.2, 0.25) is 0 Å². The van der Waals surface area contributed by atoms with Crippen LogP contribution in [0.5, 0.6) is 0 Å². The zero-order valence-corrected chi connectivity index (χ0v) is 14.6. The standard InChI is InChI=1S/C18H27NO4/c1-13(2)15(11-16(20)23-18(3,4)5)19-17(21)22-12-14-9-7-6-8-10-14/h6-10,13,15H,11-12H2,1-5H3,(H,19,21)/t15-/m0/s1. The van der Waals surface area contributed by atoms with Crippen LogP contribution in [0.1, 0.15) is 46.6 Å². The second-order valence-electron chi connectivity index (χ2n) is 6.85. The quantitative estimate of drug-likeness (QED) is 0.812. The summed E-state index contributed by atoms with van der Waals surface area (Å²) in [6, 6.07) is 9.11. The van der Waals surface area contributed by atoms with E-state index < -0.39 is 11.7 Å². The number of rotatable bonds is 6. The summed E-state index contributed by atoms with van der Waals surface area (Å²) in [5.41, 5.74) is 0.378. The second kappa shape index (κ2) is 8.56. The number of amides is 1. The summed E-state index contributed by atoms with van der Waals surface area (Å²) in [5, 5.41) is 2.74. The summed E-state index contributed by atoms with van der Waals surface area (Å²) in [7, 11) is 0. The molecule has 0 aliphatic rings. The third-order valence-electron chi connectivity index (χ3n) is 3.13. The van der Waals surface area contributed by atoms with Gasteiger partial charge < -0.3 is 14.8 Å². The second-order valence-corrected chi connectivity index (χ2v) is 6.85. The van der Waals surface area contributed by atoms with Gasteiger partial charge in [-0.3, -0.25) is 4.79 Å². The van der Waals surface area contributed by atoms with Crippen molar-refractivity contribution in [1.29, 1.82) is 0 Å². The predicted octanol–water partition coefficient (Wildman–Crippen LogP) is 3.67. The van der Waals surface area contributed by atoms with Crippen LogP contribution in [0.25, 0.3) is 0 Å². The molecule has 128 valence electrons. The number of carbonyl (C=O) groups excluding carboxylic acids is 2. The lowest BCUT2D eigenvalue weighted by molar-refractivity contribution is -0.155. The fourth-order valence-electron chi connectivity index (χ4n) is 1.93. The van der Waals surface area contributed by atoms with Crippen LogP contribution in [-0.2, 0) is 20.9 Å². The van der Waals surface area contributed by atoms with E-state index in [9.17, 15) is 9.59 Å². The van der Waals surface area contributed by atoms with Gasteiger partial charge in [0.1, 0.15) is 12.2 Å². The van der Waals surface area contributed by atoms with Crippen LogP contribution >= 0.6 is 0 Å². The average molecular weight is 321 g/mol. The van der Waals surface area contributed by atoms with Crippen molar-refractivity contribution in [3.05, 3.63) is 35.9 Å². The van der Waals surface area contributed by atoms with Crippen molar-refractivity contribution < 1.29 is 19.1 Å². The molecule has 0 radical (unpaired) electrons. The van der Waals surface area contributed by atoms with E-state index in [-0.39, 0.29) is 31.0 Å². The molecule has 1 aromatic carbocycles. The molecular formula is C18H27NO4. The van der Waals surface area contributed by atoms with Crippen molar-refractivity contribution in [2.75, 3.05) is 0 Å². The molecule has 0 aliphatic carbocycles. The molecule has 1 atom stereocenters. The van der Waals surface area contributed by atoms with E-state index in [2.05, 4.69) is 5.32 Å². The van der Waals surface area contributed by atoms with E-state index in [0.717, 1.165) is 5.56 Å². The smallest absolute Gasteiger partial charge is 0.407 e. The first-order chi connectivity index (χ1) is 10.7. The van der Waals surface area contributed by atoms with E-state index in [1.807, 2.05) is 65.0 Å². The van der Waals surface area contributed by atoms with Gasteiger partial charge in [-0.05, 0) is 32.3 Å². The molecule has 1 rings (SSSR count). The molecule has 5 nitrogen and oxygen atoms in total. The van der Waals surface area contributed by atoms with Crippen molar-refractivity contribution in [3.8, 4) is 0 Å². The molecule has 0 spiro atoms. The Morgan fingerprint density at radius 3 is 2.26 bits per heavy atom. The number of esters is 1. The van der Waals surface area contributed by atoms with E-state index in [0.29, 0.717) is 0 Å². The van der Waals surface area contributed by atoms with Gasteiger partial charge in [-0.25, -0.2) is 4.79 Å². The number of nitrogens with one attached hydrogen (secondary N) is 1. The van der Waals surface area contributed by atoms with E-state index in [1.165, 1.54) is 0 Å². The number of carbonyl (C=O) groups is 2. The molecule has 0 saturated carbocycles. The Kier molecular flexibility index (Phi) is 7.07. The highest BCUT2D eigenvalue weighted by Crippen LogP contribution is 2.13. The molecule has 5 heteroatoms. The van der Waals surface area contributed by atoms with Crippen molar-refractivity contribution in [2.24, 2.45) is 5.92 Å². The predicted molar refractivity (Wildman–Crippen MR) is 88.9 cm³/mol. The Hall–Kier alpha value is -2.04. The third kappa shape index (κ3) is 8.24. The summed E-state index contributed by atoms with van der Waals surface area (Å²) < 4.78 is 10.5. The molecule has 0 heterocycles. The highest BCUT2D eigenvalue weighted by Gasteiger charge is 2.24. The van der Waals surface area contributed by atoms with Crippen LogP contribution in [0.4, 0.5) is 4.79 Å².